The van der Waals surface area contributed by atoms with Gasteiger partial charge in [0.1, 0.15) is 0 Å². The van der Waals surface area contributed by atoms with E-state index in [0.717, 1.165) is 11.2 Å². The van der Waals surface area contributed by atoms with Crippen molar-refractivity contribution >= 4 is 17.6 Å². The van der Waals surface area contributed by atoms with Crippen LogP contribution in [0.15, 0.2) is 30.7 Å². The van der Waals surface area contributed by atoms with E-state index >= 15 is 0 Å². The van der Waals surface area contributed by atoms with Crippen LogP contribution in [0.2, 0.25) is 0 Å². The maximum absolute atomic E-state index is 10.5. The summed E-state index contributed by atoms with van der Waals surface area (Å²) in [5, 5.41) is 4.10. The summed E-state index contributed by atoms with van der Waals surface area (Å²) in [4.78, 5) is 14.7. The number of nitrogens with two attached hydrogens (primary N) is 1. The van der Waals surface area contributed by atoms with Gasteiger partial charge in [0.2, 0.25) is 5.91 Å². The van der Waals surface area contributed by atoms with E-state index in [-0.39, 0.29) is 12.3 Å². The highest BCUT2D eigenvalue weighted by molar-refractivity contribution is 5.77. The van der Waals surface area contributed by atoms with Crippen molar-refractivity contribution in [2.75, 3.05) is 0 Å². The minimum atomic E-state index is -0.351. The van der Waals surface area contributed by atoms with Gasteiger partial charge < -0.3 is 5.73 Å². The Labute approximate surface area is 86.2 Å². The molecule has 76 valence electrons. The Morgan fingerprint density at radius 3 is 3.27 bits per heavy atom. The van der Waals surface area contributed by atoms with Crippen molar-refractivity contribution in [2.24, 2.45) is 5.73 Å². The quantitative estimate of drug-likeness (QED) is 0.792. The maximum Gasteiger partial charge on any atom is 0.221 e. The van der Waals surface area contributed by atoms with Gasteiger partial charge in [-0.25, -0.2) is 9.50 Å². The van der Waals surface area contributed by atoms with E-state index < -0.39 is 0 Å². The van der Waals surface area contributed by atoms with Crippen molar-refractivity contribution in [1.29, 1.82) is 0 Å². The zero-order valence-electron chi connectivity index (χ0n) is 8.00. The Morgan fingerprint density at radius 1 is 1.60 bits per heavy atom. The summed E-state index contributed by atoms with van der Waals surface area (Å²) in [6, 6.07) is 1.80. The van der Waals surface area contributed by atoms with Crippen molar-refractivity contribution < 1.29 is 4.79 Å². The van der Waals surface area contributed by atoms with Crippen LogP contribution in [0.1, 0.15) is 12.0 Å². The number of hydrogen-bond donors (Lipinski definition) is 1. The molecule has 2 heterocycles. The van der Waals surface area contributed by atoms with E-state index in [9.17, 15) is 4.79 Å². The minimum Gasteiger partial charge on any atom is -0.369 e. The predicted octanol–water partition coefficient (Wildman–Crippen LogP) is 0.618. The lowest BCUT2D eigenvalue weighted by molar-refractivity contribution is -0.117. The molecule has 5 nitrogen and oxygen atoms in total. The molecule has 2 aromatic rings. The lowest BCUT2D eigenvalue weighted by atomic mass is 10.2. The summed E-state index contributed by atoms with van der Waals surface area (Å²) < 4.78 is 1.67. The van der Waals surface area contributed by atoms with Gasteiger partial charge in [0.05, 0.1) is 6.20 Å². The second-order valence-electron chi connectivity index (χ2n) is 3.06. The van der Waals surface area contributed by atoms with Gasteiger partial charge in [-0.1, -0.05) is 12.2 Å². The Bertz CT molecular complexity index is 515. The molecule has 0 aliphatic heterocycles. The molecule has 0 fully saturated rings. The molecule has 5 heteroatoms. The summed E-state index contributed by atoms with van der Waals surface area (Å²) in [5.41, 5.74) is 6.65. The molecule has 0 radical (unpaired) electrons. The molecule has 0 bridgehead atoms. The monoisotopic (exact) mass is 202 g/mol. The molecule has 2 rings (SSSR count). The first-order valence-electron chi connectivity index (χ1n) is 4.50. The van der Waals surface area contributed by atoms with Crippen molar-refractivity contribution in [3.05, 3.63) is 36.3 Å². The van der Waals surface area contributed by atoms with Crippen LogP contribution in [0.4, 0.5) is 0 Å². The summed E-state index contributed by atoms with van der Waals surface area (Å²) in [5.74, 6) is -0.351. The Morgan fingerprint density at radius 2 is 2.47 bits per heavy atom. The van der Waals surface area contributed by atoms with Crippen LogP contribution in [0.5, 0.6) is 0 Å². The number of fused-ring (bicyclic) bond motifs is 1. The van der Waals surface area contributed by atoms with Crippen molar-refractivity contribution in [1.82, 2.24) is 14.6 Å². The minimum absolute atomic E-state index is 0.226. The SMILES string of the molecule is NC(=O)CC=Cc1cnn2cccnc12. The first-order chi connectivity index (χ1) is 7.27. The molecule has 15 heavy (non-hydrogen) atoms. The molecule has 1 amide bonds. The molecular weight excluding hydrogens is 192 g/mol. The number of primary amides is 1. The normalized spacial score (nSPS) is 11.2. The highest BCUT2D eigenvalue weighted by Gasteiger charge is 2.00. The average Bonchev–Trinajstić information content (AvgIpc) is 2.62. The first-order valence-corrected chi connectivity index (χ1v) is 4.50. The molecule has 2 N–H and O–H groups in total. The zero-order chi connectivity index (χ0) is 10.7. The van der Waals surface area contributed by atoms with Crippen LogP contribution in [-0.4, -0.2) is 20.5 Å². The fraction of sp³-hybridized carbons (Fsp3) is 0.100. The van der Waals surface area contributed by atoms with E-state index in [4.69, 9.17) is 5.73 Å². The van der Waals surface area contributed by atoms with E-state index in [1.54, 1.807) is 35.1 Å². The van der Waals surface area contributed by atoms with Gasteiger partial charge in [0, 0.05) is 24.4 Å². The van der Waals surface area contributed by atoms with Gasteiger partial charge in [0.25, 0.3) is 0 Å². The lowest BCUT2D eigenvalue weighted by Crippen LogP contribution is -2.07. The van der Waals surface area contributed by atoms with Crippen molar-refractivity contribution in [2.45, 2.75) is 6.42 Å². The second kappa shape index (κ2) is 3.91. The van der Waals surface area contributed by atoms with Crippen molar-refractivity contribution in [3.8, 4) is 0 Å². The van der Waals surface area contributed by atoms with Crippen LogP contribution in [0, 0.1) is 0 Å². The van der Waals surface area contributed by atoms with E-state index in [1.165, 1.54) is 0 Å². The summed E-state index contributed by atoms with van der Waals surface area (Å²) in [6.07, 6.45) is 8.92. The summed E-state index contributed by atoms with van der Waals surface area (Å²) in [7, 11) is 0. The molecule has 0 aromatic carbocycles. The van der Waals surface area contributed by atoms with Gasteiger partial charge in [-0.05, 0) is 6.07 Å². The second-order valence-corrected chi connectivity index (χ2v) is 3.06. The molecule has 0 atom stereocenters. The number of nitrogens with zero attached hydrogens (tertiary/aromatic N) is 3. The van der Waals surface area contributed by atoms with Crippen molar-refractivity contribution in [3.63, 3.8) is 0 Å². The third kappa shape index (κ3) is 2.01. The molecule has 2 aromatic heterocycles. The number of aromatic nitrogens is 3. The maximum atomic E-state index is 10.5. The molecule has 0 unspecified atom stereocenters. The molecule has 0 aliphatic carbocycles. The number of carbonyl (C=O) groups is 1. The topological polar surface area (TPSA) is 73.3 Å². The van der Waals surface area contributed by atoms with E-state index in [2.05, 4.69) is 10.1 Å². The smallest absolute Gasteiger partial charge is 0.221 e. The van der Waals surface area contributed by atoms with Gasteiger partial charge in [-0.2, -0.15) is 5.10 Å². The van der Waals surface area contributed by atoms with Gasteiger partial charge in [0.15, 0.2) is 5.65 Å². The Balaban J connectivity index is 2.28. The number of rotatable bonds is 3. The number of carbonyl (C=O) groups excluding carboxylic acids is 1. The van der Waals surface area contributed by atoms with Gasteiger partial charge >= 0.3 is 0 Å². The summed E-state index contributed by atoms with van der Waals surface area (Å²) >= 11 is 0. The third-order valence-electron chi connectivity index (χ3n) is 1.92. The molecule has 0 spiro atoms. The summed E-state index contributed by atoms with van der Waals surface area (Å²) in [6.45, 7) is 0. The molecule has 0 saturated carbocycles. The van der Waals surface area contributed by atoms with Crippen LogP contribution in [0.25, 0.3) is 11.7 Å². The number of hydrogen-bond acceptors (Lipinski definition) is 3. The fourth-order valence-electron chi connectivity index (χ4n) is 1.27. The predicted molar refractivity (Wildman–Crippen MR) is 55.8 cm³/mol. The van der Waals surface area contributed by atoms with Crippen LogP contribution in [-0.2, 0) is 4.79 Å². The van der Waals surface area contributed by atoms with Crippen LogP contribution in [0.3, 0.4) is 0 Å². The molecule has 0 saturated heterocycles. The zero-order valence-corrected chi connectivity index (χ0v) is 8.00. The highest BCUT2D eigenvalue weighted by atomic mass is 16.1. The third-order valence-corrected chi connectivity index (χ3v) is 1.92. The highest BCUT2D eigenvalue weighted by Crippen LogP contribution is 2.08. The van der Waals surface area contributed by atoms with Gasteiger partial charge in [-0.15, -0.1) is 0 Å². The number of amides is 1. The van der Waals surface area contributed by atoms with E-state index in [1.807, 2.05) is 6.20 Å². The fourth-order valence-corrected chi connectivity index (χ4v) is 1.27. The first kappa shape index (κ1) is 9.39. The molecular formula is C10H10N4O. The Hall–Kier alpha value is -2.17. The van der Waals surface area contributed by atoms with Gasteiger partial charge in [-0.3, -0.25) is 4.79 Å². The lowest BCUT2D eigenvalue weighted by Gasteiger charge is -1.90. The Kier molecular flexibility index (Phi) is 2.45. The van der Waals surface area contributed by atoms with E-state index in [0.29, 0.717) is 0 Å². The van der Waals surface area contributed by atoms with Crippen LogP contribution >= 0.6 is 0 Å². The van der Waals surface area contributed by atoms with Crippen LogP contribution < -0.4 is 5.73 Å². The average molecular weight is 202 g/mol. The standard InChI is InChI=1S/C10H10N4O/c11-9(15)4-1-3-8-7-13-14-6-2-5-12-10(8)14/h1-3,5-7H,4H2,(H2,11,15). The largest absolute Gasteiger partial charge is 0.369 e. The molecule has 0 aliphatic rings.